The van der Waals surface area contributed by atoms with Gasteiger partial charge in [0.1, 0.15) is 18.5 Å². The van der Waals surface area contributed by atoms with E-state index in [9.17, 15) is 4.79 Å². The van der Waals surface area contributed by atoms with E-state index in [1.54, 1.807) is 11.0 Å². The van der Waals surface area contributed by atoms with Gasteiger partial charge in [0.05, 0.1) is 17.1 Å². The van der Waals surface area contributed by atoms with E-state index < -0.39 is 0 Å². The Labute approximate surface area is 174 Å². The number of amides is 1. The van der Waals surface area contributed by atoms with Gasteiger partial charge in [-0.3, -0.25) is 4.79 Å². The summed E-state index contributed by atoms with van der Waals surface area (Å²) in [5.74, 6) is 1.62. The van der Waals surface area contributed by atoms with Crippen LogP contribution in [0.25, 0.3) is 11.4 Å². The molecular weight excluding hydrogens is 376 g/mol. The van der Waals surface area contributed by atoms with E-state index in [0.717, 1.165) is 29.1 Å². The maximum absolute atomic E-state index is 13.1. The average Bonchev–Trinajstić information content (AvgIpc) is 3.13. The summed E-state index contributed by atoms with van der Waals surface area (Å²) < 4.78 is 3.49. The van der Waals surface area contributed by atoms with Gasteiger partial charge in [-0.1, -0.05) is 25.1 Å². The van der Waals surface area contributed by atoms with Gasteiger partial charge >= 0.3 is 0 Å². The summed E-state index contributed by atoms with van der Waals surface area (Å²) in [4.78, 5) is 17.1. The molecule has 2 heterocycles. The molecule has 0 unspecified atom stereocenters. The number of anilines is 1. The van der Waals surface area contributed by atoms with Gasteiger partial charge in [-0.15, -0.1) is 0 Å². The number of aromatic nitrogens is 5. The monoisotopic (exact) mass is 398 g/mol. The lowest BCUT2D eigenvalue weighted by molar-refractivity contribution is 0.102. The molecule has 1 N–H and O–H groups in total. The summed E-state index contributed by atoms with van der Waals surface area (Å²) in [5.41, 5.74) is 4.29. The largest absolute Gasteiger partial charge is 0.306 e. The van der Waals surface area contributed by atoms with Crippen molar-refractivity contribution >= 4 is 11.7 Å². The Morgan fingerprint density at radius 1 is 1.10 bits per heavy atom. The highest BCUT2D eigenvalue weighted by Gasteiger charge is 2.36. The second-order valence-electron chi connectivity index (χ2n) is 7.81. The van der Waals surface area contributed by atoms with Gasteiger partial charge in [-0.2, -0.15) is 10.2 Å². The molecule has 2 atom stereocenters. The lowest BCUT2D eigenvalue weighted by Gasteiger charge is -2.11. The van der Waals surface area contributed by atoms with Crippen LogP contribution in [0.5, 0.6) is 0 Å². The molecular formula is C23H22N6O. The third-order valence-corrected chi connectivity index (χ3v) is 5.60. The Morgan fingerprint density at radius 2 is 1.90 bits per heavy atom. The number of aryl methyl sites for hydroxylation is 1. The zero-order valence-electron chi connectivity index (χ0n) is 16.9. The minimum atomic E-state index is -0.162. The molecule has 7 heteroatoms. The number of nitrogens with zero attached hydrogens (tertiary/aromatic N) is 5. The van der Waals surface area contributed by atoms with Crippen LogP contribution in [0.3, 0.4) is 0 Å². The van der Waals surface area contributed by atoms with E-state index in [-0.39, 0.29) is 5.91 Å². The Morgan fingerprint density at radius 3 is 2.57 bits per heavy atom. The van der Waals surface area contributed by atoms with Crippen molar-refractivity contribution in [1.82, 2.24) is 24.5 Å². The Balaban J connectivity index is 1.45. The smallest absolute Gasteiger partial charge is 0.257 e. The van der Waals surface area contributed by atoms with Gasteiger partial charge in [0, 0.05) is 17.5 Å². The molecule has 0 spiro atoms. The second kappa shape index (κ2) is 7.26. The number of carbonyl (C=O) groups excluding carboxylic acids is 1. The molecule has 4 aromatic rings. The number of hydrogen-bond acceptors (Lipinski definition) is 4. The molecule has 30 heavy (non-hydrogen) atoms. The van der Waals surface area contributed by atoms with E-state index in [4.69, 9.17) is 5.10 Å². The third-order valence-electron chi connectivity index (χ3n) is 5.60. The summed E-state index contributed by atoms with van der Waals surface area (Å²) in [5, 5.41) is 12.0. The van der Waals surface area contributed by atoms with Crippen LogP contribution >= 0.6 is 0 Å². The third kappa shape index (κ3) is 3.39. The first-order valence-electron chi connectivity index (χ1n) is 10.0. The molecule has 0 radical (unpaired) electrons. The fourth-order valence-corrected chi connectivity index (χ4v) is 3.74. The summed E-state index contributed by atoms with van der Waals surface area (Å²) in [7, 11) is 0. The predicted molar refractivity (Wildman–Crippen MR) is 114 cm³/mol. The van der Waals surface area contributed by atoms with Crippen molar-refractivity contribution in [2.75, 3.05) is 5.32 Å². The van der Waals surface area contributed by atoms with Crippen LogP contribution in [0.2, 0.25) is 0 Å². The molecule has 1 amide bonds. The van der Waals surface area contributed by atoms with Crippen molar-refractivity contribution in [1.29, 1.82) is 0 Å². The topological polar surface area (TPSA) is 77.6 Å². The van der Waals surface area contributed by atoms with Crippen LogP contribution in [0.15, 0.2) is 67.3 Å². The van der Waals surface area contributed by atoms with Crippen LogP contribution < -0.4 is 5.32 Å². The van der Waals surface area contributed by atoms with Gasteiger partial charge in [0.2, 0.25) is 0 Å². The fraction of sp³-hybridized carbons (Fsp3) is 0.217. The van der Waals surface area contributed by atoms with Crippen molar-refractivity contribution < 1.29 is 4.79 Å². The molecule has 5 rings (SSSR count). The summed E-state index contributed by atoms with van der Waals surface area (Å²) in [6.45, 7) is 4.14. The van der Waals surface area contributed by atoms with Gasteiger partial charge in [0.15, 0.2) is 0 Å². The van der Waals surface area contributed by atoms with Crippen molar-refractivity contribution in [2.24, 2.45) is 5.92 Å². The first kappa shape index (κ1) is 18.3. The van der Waals surface area contributed by atoms with Crippen LogP contribution in [-0.4, -0.2) is 30.5 Å². The Kier molecular flexibility index (Phi) is 4.43. The van der Waals surface area contributed by atoms with E-state index in [1.165, 1.54) is 6.33 Å². The quantitative estimate of drug-likeness (QED) is 0.548. The highest BCUT2D eigenvalue weighted by molar-refractivity contribution is 6.05. The van der Waals surface area contributed by atoms with Crippen molar-refractivity contribution in [3.8, 4) is 11.4 Å². The highest BCUT2D eigenvalue weighted by atomic mass is 16.1. The minimum Gasteiger partial charge on any atom is -0.306 e. The zero-order chi connectivity index (χ0) is 20.7. The zero-order valence-corrected chi connectivity index (χ0v) is 16.9. The van der Waals surface area contributed by atoms with Crippen molar-refractivity contribution in [2.45, 2.75) is 26.2 Å². The highest BCUT2D eigenvalue weighted by Crippen LogP contribution is 2.47. The predicted octanol–water partition coefficient (Wildman–Crippen LogP) is 4.14. The SMILES string of the molecule is Cc1cc(-n2cncn2)ccc1C(=O)Nc1cc([C@@H]2C[C@@H]2C)nn1-c1ccccc1. The first-order valence-corrected chi connectivity index (χ1v) is 10.0. The van der Waals surface area contributed by atoms with Gasteiger partial charge in [-0.25, -0.2) is 14.3 Å². The summed E-state index contributed by atoms with van der Waals surface area (Å²) >= 11 is 0. The van der Waals surface area contributed by atoms with E-state index >= 15 is 0 Å². The molecule has 1 aliphatic rings. The summed E-state index contributed by atoms with van der Waals surface area (Å²) in [6.07, 6.45) is 4.26. The molecule has 150 valence electrons. The van der Waals surface area contributed by atoms with Crippen molar-refractivity contribution in [3.63, 3.8) is 0 Å². The summed E-state index contributed by atoms with van der Waals surface area (Å²) in [6, 6.07) is 17.5. The lowest BCUT2D eigenvalue weighted by Crippen LogP contribution is -2.16. The van der Waals surface area contributed by atoms with E-state index in [2.05, 4.69) is 22.3 Å². The van der Waals surface area contributed by atoms with Gasteiger partial charge < -0.3 is 5.32 Å². The Hall–Kier alpha value is -3.74. The molecule has 0 aliphatic heterocycles. The van der Waals surface area contributed by atoms with E-state index in [1.807, 2.05) is 66.2 Å². The van der Waals surface area contributed by atoms with E-state index in [0.29, 0.717) is 23.2 Å². The Bertz CT molecular complexity index is 1200. The minimum absolute atomic E-state index is 0.162. The maximum Gasteiger partial charge on any atom is 0.257 e. The fourth-order valence-electron chi connectivity index (χ4n) is 3.74. The molecule has 1 saturated carbocycles. The van der Waals surface area contributed by atoms with Crippen molar-refractivity contribution in [3.05, 3.63) is 84.1 Å². The normalized spacial score (nSPS) is 17.7. The number of hydrogen-bond donors (Lipinski definition) is 1. The first-order chi connectivity index (χ1) is 14.6. The number of para-hydroxylation sites is 1. The lowest BCUT2D eigenvalue weighted by atomic mass is 10.1. The van der Waals surface area contributed by atoms with Crippen LogP contribution in [0.4, 0.5) is 5.82 Å². The molecule has 0 bridgehead atoms. The molecule has 1 aliphatic carbocycles. The molecule has 2 aromatic heterocycles. The maximum atomic E-state index is 13.1. The standard InChI is InChI=1S/C23H22N6O/c1-15-10-18(28-14-24-13-25-28)8-9-19(15)23(30)26-22-12-21(20-11-16(20)2)27-29(22)17-6-4-3-5-7-17/h3-10,12-14,16,20H,11H2,1-2H3,(H,26,30)/t16-,20+/m0/s1. The average molecular weight is 398 g/mol. The molecule has 0 saturated heterocycles. The second-order valence-corrected chi connectivity index (χ2v) is 7.81. The van der Waals surface area contributed by atoms with Crippen LogP contribution in [-0.2, 0) is 0 Å². The van der Waals surface area contributed by atoms with Crippen LogP contribution in [0, 0.1) is 12.8 Å². The number of benzene rings is 2. The number of rotatable bonds is 5. The van der Waals surface area contributed by atoms with Gasteiger partial charge in [0.25, 0.3) is 5.91 Å². The number of carbonyl (C=O) groups is 1. The molecule has 2 aromatic carbocycles. The van der Waals surface area contributed by atoms with Crippen LogP contribution in [0.1, 0.15) is 40.9 Å². The molecule has 7 nitrogen and oxygen atoms in total. The molecule has 1 fully saturated rings. The van der Waals surface area contributed by atoms with Gasteiger partial charge in [-0.05, 0) is 55.2 Å². The number of nitrogens with one attached hydrogen (secondary N) is 1.